The fourth-order valence-electron chi connectivity index (χ4n) is 2.47. The van der Waals surface area contributed by atoms with E-state index in [1.165, 1.54) is 19.3 Å². The van der Waals surface area contributed by atoms with Crippen molar-refractivity contribution in [2.75, 3.05) is 0 Å². The van der Waals surface area contributed by atoms with Crippen molar-refractivity contribution in [3.8, 4) is 0 Å². The van der Waals surface area contributed by atoms with Crippen LogP contribution >= 0.6 is 0 Å². The summed E-state index contributed by atoms with van der Waals surface area (Å²) in [5.74, 6) is -0.657. The lowest BCUT2D eigenvalue weighted by Gasteiger charge is -2.57. The summed E-state index contributed by atoms with van der Waals surface area (Å²) < 4.78 is 0. The monoisotopic (exact) mass is 153 g/mol. The molecule has 2 aliphatic rings. The highest BCUT2D eigenvalue weighted by molar-refractivity contribution is 5.78. The second-order valence-corrected chi connectivity index (χ2v) is 4.26. The van der Waals surface area contributed by atoms with Gasteiger partial charge in [-0.2, -0.15) is 0 Å². The first-order chi connectivity index (χ1) is 5.06. The number of hydrogen-bond acceptors (Lipinski definition) is 1. The molecule has 2 heteroatoms. The van der Waals surface area contributed by atoms with Crippen LogP contribution in [0.15, 0.2) is 0 Å². The average molecular weight is 153 g/mol. The summed E-state index contributed by atoms with van der Waals surface area (Å²) in [5.41, 5.74) is -0.145. The molecule has 1 radical (unpaired) electrons. The summed E-state index contributed by atoms with van der Waals surface area (Å²) in [6.45, 7) is 1.82. The second-order valence-electron chi connectivity index (χ2n) is 4.26. The highest BCUT2D eigenvalue weighted by Gasteiger charge is 2.58. The largest absolute Gasteiger partial charge is 0.481 e. The first kappa shape index (κ1) is 7.14. The Hall–Kier alpha value is -0.530. The van der Waals surface area contributed by atoms with Crippen LogP contribution in [0.5, 0.6) is 0 Å². The molecule has 2 rings (SSSR count). The Kier molecular flexibility index (Phi) is 1.16. The van der Waals surface area contributed by atoms with E-state index in [0.717, 1.165) is 6.42 Å². The second kappa shape index (κ2) is 1.79. The van der Waals surface area contributed by atoms with Crippen molar-refractivity contribution in [1.82, 2.24) is 0 Å². The van der Waals surface area contributed by atoms with Crippen molar-refractivity contribution in [2.24, 2.45) is 10.8 Å². The van der Waals surface area contributed by atoms with Gasteiger partial charge in [0.25, 0.3) is 0 Å². The molecule has 0 aliphatic heterocycles. The third-order valence-corrected chi connectivity index (χ3v) is 3.18. The molecule has 1 atom stereocenters. The van der Waals surface area contributed by atoms with Gasteiger partial charge in [-0.1, -0.05) is 6.42 Å². The summed E-state index contributed by atoms with van der Waals surface area (Å²) in [6, 6.07) is 0. The Morgan fingerprint density at radius 3 is 2.36 bits per heavy atom. The minimum absolute atomic E-state index is 0.354. The number of carboxylic acid groups (broad SMARTS) is 1. The predicted molar refractivity (Wildman–Crippen MR) is 40.9 cm³/mol. The van der Waals surface area contributed by atoms with Gasteiger partial charge in [0, 0.05) is 0 Å². The molecule has 1 unspecified atom stereocenters. The number of hydrogen-bond donors (Lipinski definition) is 1. The van der Waals surface area contributed by atoms with Crippen molar-refractivity contribution in [1.29, 1.82) is 0 Å². The first-order valence-corrected chi connectivity index (χ1v) is 4.17. The van der Waals surface area contributed by atoms with E-state index in [9.17, 15) is 4.79 Å². The Morgan fingerprint density at radius 2 is 2.09 bits per heavy atom. The lowest BCUT2D eigenvalue weighted by molar-refractivity contribution is -0.157. The molecule has 1 spiro atoms. The molecule has 2 aliphatic carbocycles. The van der Waals surface area contributed by atoms with Crippen molar-refractivity contribution >= 4 is 5.97 Å². The fourth-order valence-corrected chi connectivity index (χ4v) is 2.47. The molecular formula is C9H13O2. The Balaban J connectivity index is 2.00. The van der Waals surface area contributed by atoms with E-state index < -0.39 is 11.4 Å². The normalized spacial score (nSPS) is 30.6. The molecule has 0 aromatic carbocycles. The maximum Gasteiger partial charge on any atom is 0.309 e. The smallest absolute Gasteiger partial charge is 0.309 e. The van der Waals surface area contributed by atoms with Crippen LogP contribution in [-0.4, -0.2) is 11.1 Å². The molecule has 0 aromatic heterocycles. The first-order valence-electron chi connectivity index (χ1n) is 4.17. The molecule has 0 bridgehead atoms. The summed E-state index contributed by atoms with van der Waals surface area (Å²) in [4.78, 5) is 10.7. The Labute approximate surface area is 66.6 Å². The van der Waals surface area contributed by atoms with Crippen molar-refractivity contribution in [3.63, 3.8) is 0 Å². The number of aliphatic carboxylic acids is 1. The average Bonchev–Trinajstić information content (AvgIpc) is 1.75. The molecule has 2 saturated carbocycles. The molecule has 0 amide bonds. The Bertz CT molecular complexity index is 196. The third-order valence-electron chi connectivity index (χ3n) is 3.18. The molecular weight excluding hydrogens is 140 g/mol. The van der Waals surface area contributed by atoms with Gasteiger partial charge in [0.1, 0.15) is 0 Å². The molecule has 61 valence electrons. The summed E-state index contributed by atoms with van der Waals surface area (Å²) >= 11 is 0. The van der Waals surface area contributed by atoms with Crippen LogP contribution in [-0.2, 0) is 4.79 Å². The highest BCUT2D eigenvalue weighted by atomic mass is 16.4. The van der Waals surface area contributed by atoms with Gasteiger partial charge in [0.2, 0.25) is 0 Å². The summed E-state index contributed by atoms with van der Waals surface area (Å²) in [5, 5.41) is 8.81. The zero-order chi connectivity index (χ0) is 8.11. The van der Waals surface area contributed by atoms with E-state index in [2.05, 4.69) is 0 Å². The van der Waals surface area contributed by atoms with E-state index in [1.807, 2.05) is 13.3 Å². The van der Waals surface area contributed by atoms with E-state index >= 15 is 0 Å². The number of rotatable bonds is 1. The highest BCUT2D eigenvalue weighted by Crippen LogP contribution is 2.63. The van der Waals surface area contributed by atoms with Gasteiger partial charge in [0.05, 0.1) is 5.41 Å². The van der Waals surface area contributed by atoms with E-state index in [4.69, 9.17) is 5.11 Å². The zero-order valence-electron chi connectivity index (χ0n) is 6.76. The SMILES string of the molecule is CC1(C(=O)O)[CH]C2(CCC2)C1. The Morgan fingerprint density at radius 1 is 1.55 bits per heavy atom. The lowest BCUT2D eigenvalue weighted by atomic mass is 9.46. The standard InChI is InChI=1S/C9H13O2/c1-8(7(10)11)5-9(6-8)3-2-4-9/h5H,2-4,6H2,1H3,(H,10,11). The number of carboxylic acids is 1. The maximum absolute atomic E-state index is 10.7. The number of carbonyl (C=O) groups is 1. The predicted octanol–water partition coefficient (Wildman–Crippen LogP) is 1.86. The summed E-state index contributed by atoms with van der Waals surface area (Å²) in [7, 11) is 0. The van der Waals surface area contributed by atoms with E-state index in [0.29, 0.717) is 5.41 Å². The van der Waals surface area contributed by atoms with Crippen molar-refractivity contribution in [2.45, 2.75) is 32.6 Å². The van der Waals surface area contributed by atoms with Crippen LogP contribution in [0.2, 0.25) is 0 Å². The molecule has 0 saturated heterocycles. The van der Waals surface area contributed by atoms with Gasteiger partial charge >= 0.3 is 5.97 Å². The van der Waals surface area contributed by atoms with Gasteiger partial charge in [-0.25, -0.2) is 0 Å². The quantitative estimate of drug-likeness (QED) is 0.624. The minimum atomic E-state index is -0.657. The van der Waals surface area contributed by atoms with Crippen LogP contribution in [0.4, 0.5) is 0 Å². The topological polar surface area (TPSA) is 37.3 Å². The van der Waals surface area contributed by atoms with Crippen molar-refractivity contribution < 1.29 is 9.90 Å². The molecule has 0 aromatic rings. The fraction of sp³-hybridized carbons (Fsp3) is 0.778. The summed E-state index contributed by atoms with van der Waals surface area (Å²) in [6.07, 6.45) is 6.64. The van der Waals surface area contributed by atoms with Crippen LogP contribution in [0.3, 0.4) is 0 Å². The van der Waals surface area contributed by atoms with Crippen molar-refractivity contribution in [3.05, 3.63) is 6.42 Å². The minimum Gasteiger partial charge on any atom is -0.481 e. The van der Waals surface area contributed by atoms with Gasteiger partial charge in [0.15, 0.2) is 0 Å². The molecule has 11 heavy (non-hydrogen) atoms. The van der Waals surface area contributed by atoms with Crippen LogP contribution < -0.4 is 0 Å². The van der Waals surface area contributed by atoms with Crippen LogP contribution in [0.25, 0.3) is 0 Å². The van der Waals surface area contributed by atoms with Gasteiger partial charge in [-0.3, -0.25) is 4.79 Å². The van der Waals surface area contributed by atoms with Gasteiger partial charge in [-0.15, -0.1) is 0 Å². The van der Waals surface area contributed by atoms with Gasteiger partial charge in [-0.05, 0) is 38.0 Å². The molecule has 1 N–H and O–H groups in total. The maximum atomic E-state index is 10.7. The van der Waals surface area contributed by atoms with E-state index in [1.54, 1.807) is 0 Å². The molecule has 0 heterocycles. The van der Waals surface area contributed by atoms with Gasteiger partial charge < -0.3 is 5.11 Å². The third kappa shape index (κ3) is 0.815. The van der Waals surface area contributed by atoms with Crippen LogP contribution in [0, 0.1) is 17.3 Å². The van der Waals surface area contributed by atoms with Crippen LogP contribution in [0.1, 0.15) is 32.6 Å². The zero-order valence-corrected chi connectivity index (χ0v) is 6.76. The lowest BCUT2D eigenvalue weighted by Crippen LogP contribution is -2.53. The van der Waals surface area contributed by atoms with E-state index in [-0.39, 0.29) is 0 Å². The molecule has 2 nitrogen and oxygen atoms in total. The molecule has 2 fully saturated rings.